The van der Waals surface area contributed by atoms with Crippen LogP contribution in [0.15, 0.2) is 54.7 Å². The molecule has 0 amide bonds. The minimum atomic E-state index is -0.443. The van der Waals surface area contributed by atoms with Crippen LogP contribution in [0, 0.1) is 23.5 Å². The zero-order valence-electron chi connectivity index (χ0n) is 17.8. The van der Waals surface area contributed by atoms with Gasteiger partial charge in [-0.25, -0.2) is 13.5 Å². The Hall–Kier alpha value is -3.30. The summed E-state index contributed by atoms with van der Waals surface area (Å²) in [6, 6.07) is 13.3. The standard InChI is InChI=1S/C24H22F2N6O/c25-19-6-4-15(5-7-19)12-32-23(29-30-31-32)24(9-18-13-33-14-20(18)24)28-11-16-8-17-2-1-3-21(26)22(17)27-10-16/h1-8,10,18,20,28H,9,11-14H2/t18-,20+,24?/m1/s1. The van der Waals surface area contributed by atoms with Crippen LogP contribution in [0.3, 0.4) is 0 Å². The maximum atomic E-state index is 14.0. The summed E-state index contributed by atoms with van der Waals surface area (Å²) >= 11 is 0. The van der Waals surface area contributed by atoms with Gasteiger partial charge in [0.15, 0.2) is 5.82 Å². The molecular formula is C24H22F2N6O. The van der Waals surface area contributed by atoms with Crippen molar-refractivity contribution in [1.29, 1.82) is 0 Å². The minimum absolute atomic E-state index is 0.251. The van der Waals surface area contributed by atoms with Gasteiger partial charge in [-0.2, -0.15) is 0 Å². The van der Waals surface area contributed by atoms with Crippen molar-refractivity contribution in [3.05, 3.63) is 83.3 Å². The van der Waals surface area contributed by atoms with E-state index >= 15 is 0 Å². The fraction of sp³-hybridized carbons (Fsp3) is 0.333. The monoisotopic (exact) mass is 448 g/mol. The van der Waals surface area contributed by atoms with Gasteiger partial charge in [-0.05, 0) is 58.2 Å². The van der Waals surface area contributed by atoms with Gasteiger partial charge >= 0.3 is 0 Å². The number of benzene rings is 2. The molecule has 1 aliphatic heterocycles. The predicted octanol–water partition coefficient (Wildman–Crippen LogP) is 3.20. The van der Waals surface area contributed by atoms with E-state index in [0.717, 1.165) is 35.4 Å². The number of fused-ring (bicyclic) bond motifs is 2. The maximum absolute atomic E-state index is 14.0. The highest BCUT2D eigenvalue weighted by Crippen LogP contribution is 2.53. The molecule has 2 aromatic heterocycles. The van der Waals surface area contributed by atoms with Crippen LogP contribution in [0.2, 0.25) is 0 Å². The van der Waals surface area contributed by atoms with Crippen molar-refractivity contribution in [2.75, 3.05) is 13.2 Å². The van der Waals surface area contributed by atoms with E-state index in [1.54, 1.807) is 29.1 Å². The molecule has 0 spiro atoms. The van der Waals surface area contributed by atoms with Crippen LogP contribution in [-0.2, 0) is 23.4 Å². The molecule has 2 fully saturated rings. The summed E-state index contributed by atoms with van der Waals surface area (Å²) in [5.41, 5.74) is 1.79. The zero-order chi connectivity index (χ0) is 22.4. The van der Waals surface area contributed by atoms with Gasteiger partial charge in [0.25, 0.3) is 0 Å². The topological polar surface area (TPSA) is 77.8 Å². The number of hydrogen-bond donors (Lipinski definition) is 1. The van der Waals surface area contributed by atoms with Crippen LogP contribution in [0.1, 0.15) is 23.4 Å². The number of nitrogens with zero attached hydrogens (tertiary/aromatic N) is 5. The average Bonchev–Trinajstić information content (AvgIpc) is 3.44. The van der Waals surface area contributed by atoms with Crippen LogP contribution in [0.5, 0.6) is 0 Å². The molecule has 1 unspecified atom stereocenters. The average molecular weight is 448 g/mol. The normalized spacial score (nSPS) is 24.1. The van der Waals surface area contributed by atoms with E-state index in [-0.39, 0.29) is 17.6 Å². The Bertz CT molecular complexity index is 1310. The maximum Gasteiger partial charge on any atom is 0.172 e. The molecule has 3 atom stereocenters. The third-order valence-electron chi connectivity index (χ3n) is 6.92. The van der Waals surface area contributed by atoms with Gasteiger partial charge in [0.05, 0.1) is 18.7 Å². The van der Waals surface area contributed by atoms with Gasteiger partial charge in [-0.3, -0.25) is 4.98 Å². The first-order chi connectivity index (χ1) is 16.1. The third-order valence-corrected chi connectivity index (χ3v) is 6.92. The molecule has 1 saturated heterocycles. The van der Waals surface area contributed by atoms with Crippen molar-refractivity contribution in [3.63, 3.8) is 0 Å². The van der Waals surface area contributed by atoms with E-state index in [1.807, 2.05) is 12.1 Å². The molecule has 0 bridgehead atoms. The van der Waals surface area contributed by atoms with E-state index in [2.05, 4.69) is 25.8 Å². The van der Waals surface area contributed by atoms with E-state index in [0.29, 0.717) is 31.1 Å². The summed E-state index contributed by atoms with van der Waals surface area (Å²) in [4.78, 5) is 4.32. The molecule has 2 aromatic carbocycles. The molecule has 0 radical (unpaired) electrons. The van der Waals surface area contributed by atoms with Crippen LogP contribution in [0.4, 0.5) is 8.78 Å². The Morgan fingerprint density at radius 2 is 1.97 bits per heavy atom. The summed E-state index contributed by atoms with van der Waals surface area (Å²) in [6.45, 7) is 2.36. The number of aromatic nitrogens is 5. The van der Waals surface area contributed by atoms with E-state index in [1.165, 1.54) is 18.2 Å². The highest BCUT2D eigenvalue weighted by molar-refractivity contribution is 5.79. The Morgan fingerprint density at radius 1 is 1.09 bits per heavy atom. The quantitative estimate of drug-likeness (QED) is 0.488. The fourth-order valence-corrected chi connectivity index (χ4v) is 5.21. The largest absolute Gasteiger partial charge is 0.381 e. The van der Waals surface area contributed by atoms with E-state index in [4.69, 9.17) is 4.74 Å². The highest BCUT2D eigenvalue weighted by atomic mass is 19.1. The Balaban J connectivity index is 1.30. The lowest BCUT2D eigenvalue weighted by molar-refractivity contribution is 0.0240. The molecule has 6 rings (SSSR count). The molecule has 4 aromatic rings. The summed E-state index contributed by atoms with van der Waals surface area (Å²) in [6.07, 6.45) is 2.56. The third kappa shape index (κ3) is 3.48. The van der Waals surface area contributed by atoms with E-state index in [9.17, 15) is 8.78 Å². The number of pyridine rings is 1. The predicted molar refractivity (Wildman–Crippen MR) is 116 cm³/mol. The van der Waals surface area contributed by atoms with Crippen LogP contribution >= 0.6 is 0 Å². The smallest absolute Gasteiger partial charge is 0.172 e. The van der Waals surface area contributed by atoms with Gasteiger partial charge in [0.2, 0.25) is 0 Å². The van der Waals surface area contributed by atoms with Crippen molar-refractivity contribution in [2.24, 2.45) is 11.8 Å². The van der Waals surface area contributed by atoms with Gasteiger partial charge in [-0.15, -0.1) is 5.10 Å². The number of para-hydroxylation sites is 1. The molecule has 1 saturated carbocycles. The number of halogens is 2. The molecule has 9 heteroatoms. The van der Waals surface area contributed by atoms with Crippen LogP contribution in [-0.4, -0.2) is 38.4 Å². The number of hydrogen-bond acceptors (Lipinski definition) is 6. The van der Waals surface area contributed by atoms with Crippen molar-refractivity contribution >= 4 is 10.9 Å². The molecule has 33 heavy (non-hydrogen) atoms. The van der Waals surface area contributed by atoms with E-state index < -0.39 is 5.54 Å². The molecule has 3 heterocycles. The Morgan fingerprint density at radius 3 is 2.82 bits per heavy atom. The fourth-order valence-electron chi connectivity index (χ4n) is 5.21. The molecular weight excluding hydrogens is 426 g/mol. The lowest BCUT2D eigenvalue weighted by Gasteiger charge is -2.50. The summed E-state index contributed by atoms with van der Waals surface area (Å²) in [5, 5.41) is 17.1. The van der Waals surface area contributed by atoms with Gasteiger partial charge < -0.3 is 10.1 Å². The molecule has 2 aliphatic rings. The first-order valence-corrected chi connectivity index (χ1v) is 11.0. The number of tetrazole rings is 1. The Labute approximate surface area is 188 Å². The van der Waals surface area contributed by atoms with Crippen LogP contribution in [0.25, 0.3) is 10.9 Å². The zero-order valence-corrected chi connectivity index (χ0v) is 17.8. The number of rotatable bonds is 6. The SMILES string of the molecule is Fc1ccc(Cn2nnnc2C2(NCc3cnc4c(F)cccc4c3)C[C@@H]3COC[C@@H]32)cc1. The second-order valence-electron chi connectivity index (χ2n) is 8.87. The van der Waals surface area contributed by atoms with Gasteiger partial charge in [0.1, 0.15) is 17.2 Å². The molecule has 1 aliphatic carbocycles. The lowest BCUT2D eigenvalue weighted by atomic mass is 9.60. The first-order valence-electron chi connectivity index (χ1n) is 11.0. The second kappa shape index (κ2) is 7.93. The summed E-state index contributed by atoms with van der Waals surface area (Å²) in [7, 11) is 0. The second-order valence-corrected chi connectivity index (χ2v) is 8.87. The first kappa shape index (κ1) is 20.3. The summed E-state index contributed by atoms with van der Waals surface area (Å²) in [5.74, 6) is 0.855. The molecule has 168 valence electrons. The van der Waals surface area contributed by atoms with Crippen LogP contribution < -0.4 is 5.32 Å². The Kier molecular flexibility index (Phi) is 4.88. The molecule has 1 N–H and O–H groups in total. The van der Waals surface area contributed by atoms with Crippen molar-refractivity contribution < 1.29 is 13.5 Å². The number of ether oxygens (including phenoxy) is 1. The van der Waals surface area contributed by atoms with Gasteiger partial charge in [-0.1, -0.05) is 24.3 Å². The van der Waals surface area contributed by atoms with Gasteiger partial charge in [0, 0.05) is 30.7 Å². The highest BCUT2D eigenvalue weighted by Gasteiger charge is 2.59. The lowest BCUT2D eigenvalue weighted by Crippen LogP contribution is -2.61. The van der Waals surface area contributed by atoms with Crippen molar-refractivity contribution in [2.45, 2.75) is 25.0 Å². The van der Waals surface area contributed by atoms with Crippen molar-refractivity contribution in [1.82, 2.24) is 30.5 Å². The number of nitrogens with one attached hydrogen (secondary N) is 1. The summed E-state index contributed by atoms with van der Waals surface area (Å²) < 4.78 is 34.9. The minimum Gasteiger partial charge on any atom is -0.381 e. The van der Waals surface area contributed by atoms with Crippen molar-refractivity contribution in [3.8, 4) is 0 Å². The molecule has 7 nitrogen and oxygen atoms in total.